The molecule has 7 aromatic carbocycles. The number of hydrogen-bond donors (Lipinski definition) is 0. The van der Waals surface area contributed by atoms with Crippen molar-refractivity contribution in [2.75, 3.05) is 9.80 Å². The van der Waals surface area contributed by atoms with E-state index in [0.717, 1.165) is 23.5 Å². The molecule has 0 fully saturated rings. The van der Waals surface area contributed by atoms with Crippen molar-refractivity contribution < 1.29 is 0 Å². The van der Waals surface area contributed by atoms with E-state index in [1.54, 1.807) is 0 Å². The van der Waals surface area contributed by atoms with Crippen LogP contribution in [0.4, 0.5) is 28.4 Å². The van der Waals surface area contributed by atoms with Crippen molar-refractivity contribution in [3.8, 4) is 0 Å². The van der Waals surface area contributed by atoms with Crippen LogP contribution < -0.4 is 9.80 Å². The van der Waals surface area contributed by atoms with Crippen LogP contribution in [0.5, 0.6) is 0 Å². The van der Waals surface area contributed by atoms with Gasteiger partial charge in [-0.3, -0.25) is 0 Å². The first-order valence-corrected chi connectivity index (χ1v) is 17.1. The average molecular weight is 629 g/mol. The Morgan fingerprint density at radius 3 is 1.63 bits per heavy atom. The predicted molar refractivity (Wildman–Crippen MR) is 208 cm³/mol. The monoisotopic (exact) mass is 628 g/mol. The molecule has 2 aliphatic rings. The van der Waals surface area contributed by atoms with Gasteiger partial charge >= 0.3 is 0 Å². The third-order valence-electron chi connectivity index (χ3n) is 9.96. The SMILES string of the molecule is C1=CC(N(c2ccccc2)c2ccc3ccccc3c2)CC2=CC(c3ccc(N(c4ccccc4)c4ccc5ccccc5c4)cc3)=CC12. The molecule has 2 aliphatic carbocycles. The van der Waals surface area contributed by atoms with Gasteiger partial charge in [0.25, 0.3) is 0 Å². The summed E-state index contributed by atoms with van der Waals surface area (Å²) >= 11 is 0. The Kier molecular flexibility index (Phi) is 7.40. The number of allylic oxidation sites excluding steroid dienone is 4. The predicted octanol–water partition coefficient (Wildman–Crippen LogP) is 12.6. The molecule has 0 heterocycles. The maximum atomic E-state index is 2.50. The zero-order chi connectivity index (χ0) is 32.6. The first-order valence-electron chi connectivity index (χ1n) is 17.1. The van der Waals surface area contributed by atoms with Crippen LogP contribution in [0.25, 0.3) is 27.1 Å². The fourth-order valence-electron chi connectivity index (χ4n) is 7.52. The zero-order valence-electron chi connectivity index (χ0n) is 27.2. The van der Waals surface area contributed by atoms with Crippen molar-refractivity contribution in [3.63, 3.8) is 0 Å². The molecule has 0 aliphatic heterocycles. The van der Waals surface area contributed by atoms with Gasteiger partial charge in [-0.05, 0) is 99.8 Å². The summed E-state index contributed by atoms with van der Waals surface area (Å²) in [7, 11) is 0. The summed E-state index contributed by atoms with van der Waals surface area (Å²) in [5.41, 5.74) is 9.87. The second kappa shape index (κ2) is 12.5. The number of rotatable bonds is 7. The van der Waals surface area contributed by atoms with Crippen molar-refractivity contribution in [3.05, 3.63) is 205 Å². The minimum atomic E-state index is 0.225. The third kappa shape index (κ3) is 5.62. The number of para-hydroxylation sites is 2. The average Bonchev–Trinajstić information content (AvgIpc) is 3.60. The molecule has 7 aromatic rings. The van der Waals surface area contributed by atoms with E-state index in [1.165, 1.54) is 49.6 Å². The van der Waals surface area contributed by atoms with Crippen LogP contribution in [-0.2, 0) is 0 Å². The highest BCUT2D eigenvalue weighted by Gasteiger charge is 2.29. The fourth-order valence-corrected chi connectivity index (χ4v) is 7.52. The lowest BCUT2D eigenvalue weighted by Gasteiger charge is -2.35. The molecule has 0 spiro atoms. The molecule has 0 bridgehead atoms. The van der Waals surface area contributed by atoms with E-state index in [-0.39, 0.29) is 6.04 Å². The molecule has 2 heteroatoms. The van der Waals surface area contributed by atoms with Crippen molar-refractivity contribution in [1.29, 1.82) is 0 Å². The Morgan fingerprint density at radius 2 is 0.959 bits per heavy atom. The quantitative estimate of drug-likeness (QED) is 0.162. The summed E-state index contributed by atoms with van der Waals surface area (Å²) in [6.45, 7) is 0. The topological polar surface area (TPSA) is 6.48 Å². The molecule has 2 atom stereocenters. The number of anilines is 5. The van der Waals surface area contributed by atoms with E-state index in [2.05, 4.69) is 204 Å². The van der Waals surface area contributed by atoms with Crippen molar-refractivity contribution in [1.82, 2.24) is 0 Å². The van der Waals surface area contributed by atoms with Gasteiger partial charge in [0.1, 0.15) is 0 Å². The second-order valence-corrected chi connectivity index (χ2v) is 13.0. The maximum Gasteiger partial charge on any atom is 0.0560 e. The second-order valence-electron chi connectivity index (χ2n) is 13.0. The van der Waals surface area contributed by atoms with Crippen LogP contribution in [0.2, 0.25) is 0 Å². The summed E-state index contributed by atoms with van der Waals surface area (Å²) in [5.74, 6) is 0.332. The van der Waals surface area contributed by atoms with Crippen LogP contribution in [0.15, 0.2) is 200 Å². The van der Waals surface area contributed by atoms with Crippen LogP contribution in [0, 0.1) is 5.92 Å². The van der Waals surface area contributed by atoms with Crippen LogP contribution in [-0.4, -0.2) is 6.04 Å². The molecule has 0 saturated heterocycles. The van der Waals surface area contributed by atoms with E-state index < -0.39 is 0 Å². The lowest BCUT2D eigenvalue weighted by atomic mass is 9.88. The Bertz CT molecular complexity index is 2370. The van der Waals surface area contributed by atoms with Gasteiger partial charge in [-0.1, -0.05) is 139 Å². The molecule has 0 N–H and O–H groups in total. The molecule has 0 saturated carbocycles. The molecule has 9 rings (SSSR count). The normalized spacial score (nSPS) is 16.7. The lowest BCUT2D eigenvalue weighted by molar-refractivity contribution is 0.697. The lowest BCUT2D eigenvalue weighted by Crippen LogP contribution is -2.32. The minimum Gasteiger partial charge on any atom is -0.334 e. The van der Waals surface area contributed by atoms with Gasteiger partial charge in [-0.2, -0.15) is 0 Å². The van der Waals surface area contributed by atoms with Gasteiger partial charge < -0.3 is 9.80 Å². The number of nitrogens with zero attached hydrogens (tertiary/aromatic N) is 2. The number of fused-ring (bicyclic) bond motifs is 3. The summed E-state index contributed by atoms with van der Waals surface area (Å²) in [4.78, 5) is 4.84. The summed E-state index contributed by atoms with van der Waals surface area (Å²) in [6, 6.07) is 61.5. The zero-order valence-corrected chi connectivity index (χ0v) is 27.2. The van der Waals surface area contributed by atoms with Gasteiger partial charge in [0.2, 0.25) is 0 Å². The highest BCUT2D eigenvalue weighted by Crippen LogP contribution is 2.42. The number of benzene rings is 7. The van der Waals surface area contributed by atoms with Crippen molar-refractivity contribution >= 4 is 55.6 Å². The Balaban J connectivity index is 1.01. The molecular formula is C47H36N2. The molecule has 234 valence electrons. The maximum absolute atomic E-state index is 2.50. The Morgan fingerprint density at radius 1 is 0.429 bits per heavy atom. The Hall–Kier alpha value is -6.12. The molecule has 0 radical (unpaired) electrons. The first kappa shape index (κ1) is 29.1. The van der Waals surface area contributed by atoms with Gasteiger partial charge in [0.15, 0.2) is 0 Å². The molecular weight excluding hydrogens is 593 g/mol. The largest absolute Gasteiger partial charge is 0.334 e. The summed E-state index contributed by atoms with van der Waals surface area (Å²) in [5, 5.41) is 5.01. The summed E-state index contributed by atoms with van der Waals surface area (Å²) in [6.07, 6.45) is 10.6. The fraction of sp³-hybridized carbons (Fsp3) is 0.0638. The molecule has 2 unspecified atom stereocenters. The minimum absolute atomic E-state index is 0.225. The smallest absolute Gasteiger partial charge is 0.0560 e. The summed E-state index contributed by atoms with van der Waals surface area (Å²) < 4.78 is 0. The third-order valence-corrected chi connectivity index (χ3v) is 9.96. The molecule has 2 nitrogen and oxygen atoms in total. The van der Waals surface area contributed by atoms with Crippen LogP contribution in [0.1, 0.15) is 12.0 Å². The molecule has 0 amide bonds. The van der Waals surface area contributed by atoms with E-state index in [1.807, 2.05) is 0 Å². The van der Waals surface area contributed by atoms with Gasteiger partial charge in [-0.25, -0.2) is 0 Å². The van der Waals surface area contributed by atoms with Crippen molar-refractivity contribution in [2.24, 2.45) is 5.92 Å². The van der Waals surface area contributed by atoms with E-state index in [0.29, 0.717) is 5.92 Å². The first-order chi connectivity index (χ1) is 24.3. The number of hydrogen-bond acceptors (Lipinski definition) is 2. The Labute approximate surface area is 288 Å². The highest BCUT2D eigenvalue weighted by atomic mass is 15.2. The van der Waals surface area contributed by atoms with Gasteiger partial charge in [0, 0.05) is 34.4 Å². The van der Waals surface area contributed by atoms with Gasteiger partial charge in [0.05, 0.1) is 6.04 Å². The van der Waals surface area contributed by atoms with Crippen molar-refractivity contribution in [2.45, 2.75) is 12.5 Å². The van der Waals surface area contributed by atoms with Crippen LogP contribution in [0.3, 0.4) is 0 Å². The van der Waals surface area contributed by atoms with Crippen LogP contribution >= 0.6 is 0 Å². The molecule has 0 aromatic heterocycles. The van der Waals surface area contributed by atoms with E-state index in [9.17, 15) is 0 Å². The molecule has 49 heavy (non-hydrogen) atoms. The standard InChI is InChI=1S/C47H36N2/c1-3-15-42(16-4-1)48(45-26-21-34-11-7-9-13-37(34)31-45)44-24-19-36(20-25-44)40-29-39-23-28-47(33-41(39)30-40)49(43-17-5-2-6-18-43)46-27-22-35-12-8-10-14-38(35)32-46/h1-32,39,47H,33H2. The van der Waals surface area contributed by atoms with Gasteiger partial charge in [-0.15, -0.1) is 0 Å². The highest BCUT2D eigenvalue weighted by molar-refractivity contribution is 5.90. The van der Waals surface area contributed by atoms with E-state index >= 15 is 0 Å². The van der Waals surface area contributed by atoms with E-state index in [4.69, 9.17) is 0 Å².